The molecule has 0 spiro atoms. The Balaban J connectivity index is 1.41. The quantitative estimate of drug-likeness (QED) is 0.322. The van der Waals surface area contributed by atoms with Crippen LogP contribution in [0.2, 0.25) is 5.02 Å². The number of ether oxygens (including phenoxy) is 1. The van der Waals surface area contributed by atoms with E-state index in [2.05, 4.69) is 10.6 Å². The Morgan fingerprint density at radius 1 is 0.919 bits per heavy atom. The fraction of sp³-hybridized carbons (Fsp3) is 0.111. The van der Waals surface area contributed by atoms with Crippen molar-refractivity contribution in [3.8, 4) is 0 Å². The SMILES string of the molecule is COC(=O)c1cccc(NC(=O)Cc2ccc(NC3=C(Cl)C(=O)N(c4ccc(C)c(Cl)c4)C3=O)cc2)c1. The van der Waals surface area contributed by atoms with E-state index in [1.807, 2.05) is 6.92 Å². The highest BCUT2D eigenvalue weighted by Crippen LogP contribution is 2.32. The monoisotopic (exact) mass is 537 g/mol. The number of hydrogen-bond acceptors (Lipinski definition) is 6. The van der Waals surface area contributed by atoms with Crippen LogP contribution < -0.4 is 15.5 Å². The third-order valence-corrected chi connectivity index (χ3v) is 6.35. The maximum absolute atomic E-state index is 13.0. The third-order valence-electron chi connectivity index (χ3n) is 5.60. The van der Waals surface area contributed by atoms with Crippen LogP contribution in [0.3, 0.4) is 0 Å². The molecule has 0 aromatic heterocycles. The molecule has 3 amide bonds. The number of nitrogens with zero attached hydrogens (tertiary/aromatic N) is 1. The van der Waals surface area contributed by atoms with Gasteiger partial charge in [-0.1, -0.05) is 47.5 Å². The zero-order valence-corrected chi connectivity index (χ0v) is 21.3. The van der Waals surface area contributed by atoms with E-state index >= 15 is 0 Å². The summed E-state index contributed by atoms with van der Waals surface area (Å²) in [5, 5.41) is 5.83. The second-order valence-corrected chi connectivity index (χ2v) is 8.97. The van der Waals surface area contributed by atoms with Gasteiger partial charge in [-0.3, -0.25) is 14.4 Å². The number of benzene rings is 3. The number of anilines is 3. The van der Waals surface area contributed by atoms with Crippen molar-refractivity contribution in [1.82, 2.24) is 0 Å². The summed E-state index contributed by atoms with van der Waals surface area (Å²) in [6, 6.07) is 18.0. The number of carbonyl (C=O) groups excluding carboxylic acids is 4. The van der Waals surface area contributed by atoms with E-state index in [9.17, 15) is 19.2 Å². The second kappa shape index (κ2) is 10.9. The van der Waals surface area contributed by atoms with Crippen LogP contribution in [0.5, 0.6) is 0 Å². The lowest BCUT2D eigenvalue weighted by Crippen LogP contribution is -2.32. The topological polar surface area (TPSA) is 105 Å². The Kier molecular flexibility index (Phi) is 7.61. The first kappa shape index (κ1) is 25.9. The lowest BCUT2D eigenvalue weighted by atomic mass is 10.1. The highest BCUT2D eigenvalue weighted by molar-refractivity contribution is 6.53. The number of aryl methyl sites for hydroxylation is 1. The van der Waals surface area contributed by atoms with Gasteiger partial charge in [0.1, 0.15) is 10.7 Å². The van der Waals surface area contributed by atoms with Crippen LogP contribution in [-0.4, -0.2) is 30.8 Å². The van der Waals surface area contributed by atoms with Crippen LogP contribution in [0.1, 0.15) is 21.5 Å². The Morgan fingerprint density at radius 3 is 2.32 bits per heavy atom. The maximum atomic E-state index is 13.0. The standard InChI is InChI=1S/C27H21Cl2N3O5/c1-15-6-11-20(14-21(15)28)32-25(34)23(29)24(26(32)35)31-18-9-7-16(8-10-18)12-22(33)30-19-5-3-4-17(13-19)27(36)37-2/h3-11,13-14,31H,12H2,1-2H3,(H,30,33). The van der Waals surface area contributed by atoms with E-state index in [1.54, 1.807) is 54.6 Å². The van der Waals surface area contributed by atoms with Crippen LogP contribution in [0.4, 0.5) is 17.1 Å². The summed E-state index contributed by atoms with van der Waals surface area (Å²) in [6.45, 7) is 1.81. The van der Waals surface area contributed by atoms with Gasteiger partial charge in [-0.25, -0.2) is 9.69 Å². The van der Waals surface area contributed by atoms with Gasteiger partial charge in [-0.05, 0) is 60.5 Å². The lowest BCUT2D eigenvalue weighted by molar-refractivity contribution is -0.120. The minimum absolute atomic E-state index is 0.0562. The fourth-order valence-electron chi connectivity index (χ4n) is 3.65. The number of imide groups is 1. The van der Waals surface area contributed by atoms with Gasteiger partial charge >= 0.3 is 5.97 Å². The van der Waals surface area contributed by atoms with Gasteiger partial charge in [0.2, 0.25) is 5.91 Å². The number of nitrogens with one attached hydrogen (secondary N) is 2. The average Bonchev–Trinajstić information content (AvgIpc) is 3.09. The molecule has 37 heavy (non-hydrogen) atoms. The fourth-order valence-corrected chi connectivity index (χ4v) is 4.04. The number of rotatable bonds is 7. The molecule has 8 nitrogen and oxygen atoms in total. The molecule has 0 unspecified atom stereocenters. The third kappa shape index (κ3) is 5.66. The molecule has 0 bridgehead atoms. The number of amides is 3. The van der Waals surface area contributed by atoms with Gasteiger partial charge in [-0.2, -0.15) is 0 Å². The van der Waals surface area contributed by atoms with Gasteiger partial charge in [0.25, 0.3) is 11.8 Å². The van der Waals surface area contributed by atoms with Crippen molar-refractivity contribution in [2.24, 2.45) is 0 Å². The van der Waals surface area contributed by atoms with Gasteiger partial charge in [-0.15, -0.1) is 0 Å². The van der Waals surface area contributed by atoms with Gasteiger partial charge in [0.05, 0.1) is 24.8 Å². The van der Waals surface area contributed by atoms with E-state index < -0.39 is 17.8 Å². The molecule has 0 saturated heterocycles. The van der Waals surface area contributed by atoms with Crippen LogP contribution in [0, 0.1) is 6.92 Å². The molecule has 2 N–H and O–H groups in total. The van der Waals surface area contributed by atoms with E-state index in [4.69, 9.17) is 27.9 Å². The highest BCUT2D eigenvalue weighted by atomic mass is 35.5. The van der Waals surface area contributed by atoms with Crippen LogP contribution >= 0.6 is 23.2 Å². The van der Waals surface area contributed by atoms with Gasteiger partial charge < -0.3 is 15.4 Å². The number of esters is 1. The molecular formula is C27H21Cl2N3O5. The number of halogens is 2. The second-order valence-electron chi connectivity index (χ2n) is 8.19. The average molecular weight is 538 g/mol. The molecule has 10 heteroatoms. The molecule has 0 saturated carbocycles. The van der Waals surface area contributed by atoms with Crippen molar-refractivity contribution >= 4 is 64.0 Å². The molecule has 0 fully saturated rings. The zero-order valence-electron chi connectivity index (χ0n) is 19.8. The van der Waals surface area contributed by atoms with E-state index in [0.717, 1.165) is 10.5 Å². The van der Waals surface area contributed by atoms with Crippen molar-refractivity contribution in [2.45, 2.75) is 13.3 Å². The molecular weight excluding hydrogens is 517 g/mol. The summed E-state index contributed by atoms with van der Waals surface area (Å²) >= 11 is 12.3. The Morgan fingerprint density at radius 2 is 1.65 bits per heavy atom. The molecule has 1 aliphatic heterocycles. The Labute approximate surface area is 222 Å². The summed E-state index contributed by atoms with van der Waals surface area (Å²) in [7, 11) is 1.28. The first-order valence-corrected chi connectivity index (χ1v) is 11.8. The van der Waals surface area contributed by atoms with Crippen LogP contribution in [0.15, 0.2) is 77.5 Å². The van der Waals surface area contributed by atoms with E-state index in [0.29, 0.717) is 33.2 Å². The van der Waals surface area contributed by atoms with Gasteiger partial charge in [0, 0.05) is 16.4 Å². The molecule has 3 aromatic rings. The lowest BCUT2D eigenvalue weighted by Gasteiger charge is -2.16. The molecule has 1 heterocycles. The summed E-state index contributed by atoms with van der Waals surface area (Å²) in [6.07, 6.45) is 0.0750. The van der Waals surface area contributed by atoms with E-state index in [1.165, 1.54) is 19.2 Å². The van der Waals surface area contributed by atoms with Crippen molar-refractivity contribution < 1.29 is 23.9 Å². The van der Waals surface area contributed by atoms with Gasteiger partial charge in [0.15, 0.2) is 0 Å². The summed E-state index contributed by atoms with van der Waals surface area (Å²) < 4.78 is 4.69. The first-order chi connectivity index (χ1) is 17.7. The molecule has 0 radical (unpaired) electrons. The minimum atomic E-state index is -0.654. The number of carbonyl (C=O) groups is 4. The zero-order chi connectivity index (χ0) is 26.7. The first-order valence-electron chi connectivity index (χ1n) is 11.1. The largest absolute Gasteiger partial charge is 0.465 e. The molecule has 3 aromatic carbocycles. The number of hydrogen-bond donors (Lipinski definition) is 2. The normalized spacial score (nSPS) is 13.1. The summed E-state index contributed by atoms with van der Waals surface area (Å²) in [5.41, 5.74) is 3.08. The molecule has 4 rings (SSSR count). The molecule has 1 aliphatic rings. The van der Waals surface area contributed by atoms with Crippen molar-refractivity contribution in [3.05, 3.63) is 99.2 Å². The molecule has 0 aliphatic carbocycles. The smallest absolute Gasteiger partial charge is 0.337 e. The molecule has 188 valence electrons. The maximum Gasteiger partial charge on any atom is 0.337 e. The summed E-state index contributed by atoms with van der Waals surface area (Å²) in [5.74, 6) is -2.04. The Bertz CT molecular complexity index is 1450. The molecule has 0 atom stereocenters. The van der Waals surface area contributed by atoms with E-state index in [-0.39, 0.29) is 23.1 Å². The predicted molar refractivity (Wildman–Crippen MR) is 142 cm³/mol. The van der Waals surface area contributed by atoms with Crippen molar-refractivity contribution in [2.75, 3.05) is 22.6 Å². The van der Waals surface area contributed by atoms with Crippen LogP contribution in [0.25, 0.3) is 0 Å². The van der Waals surface area contributed by atoms with Crippen LogP contribution in [-0.2, 0) is 25.5 Å². The van der Waals surface area contributed by atoms with Crippen molar-refractivity contribution in [1.29, 1.82) is 0 Å². The number of methoxy groups -OCH3 is 1. The van der Waals surface area contributed by atoms with Crippen molar-refractivity contribution in [3.63, 3.8) is 0 Å². The highest BCUT2D eigenvalue weighted by Gasteiger charge is 2.39. The minimum Gasteiger partial charge on any atom is -0.465 e. The predicted octanol–water partition coefficient (Wildman–Crippen LogP) is 5.05. The Hall–Kier alpha value is -4.14. The summed E-state index contributed by atoms with van der Waals surface area (Å²) in [4.78, 5) is 50.8.